The molecule has 3 aromatic carbocycles. The molecule has 6 nitrogen and oxygen atoms in total. The van der Waals surface area contributed by atoms with E-state index >= 15 is 0 Å². The predicted octanol–water partition coefficient (Wildman–Crippen LogP) is 9.67. The molecule has 5 aromatic rings. The van der Waals surface area contributed by atoms with Gasteiger partial charge in [0.1, 0.15) is 5.52 Å². The Morgan fingerprint density at radius 2 is 1.49 bits per heavy atom. The smallest absolute Gasteiger partial charge is 0.175 e. The van der Waals surface area contributed by atoms with Gasteiger partial charge in [0.05, 0.1) is 28.3 Å². The second-order valence-corrected chi connectivity index (χ2v) is 12.2. The van der Waals surface area contributed by atoms with Gasteiger partial charge in [-0.3, -0.25) is 9.78 Å². The predicted molar refractivity (Wildman–Crippen MR) is 182 cm³/mol. The maximum absolute atomic E-state index is 11.7. The molecule has 1 N–H and O–H groups in total. The van der Waals surface area contributed by atoms with Crippen LogP contribution in [0.25, 0.3) is 44.4 Å². The van der Waals surface area contributed by atoms with Crippen LogP contribution in [0, 0.1) is 24.8 Å². The van der Waals surface area contributed by atoms with Gasteiger partial charge in [-0.15, -0.1) is 29.1 Å². The number of benzene rings is 3. The Kier molecular flexibility index (Phi) is 10.9. The summed E-state index contributed by atoms with van der Waals surface area (Å²) in [5, 5.41) is 11.8. The summed E-state index contributed by atoms with van der Waals surface area (Å²) in [4.78, 5) is 29.9. The van der Waals surface area contributed by atoms with Gasteiger partial charge in [0.15, 0.2) is 11.4 Å². The first-order valence-corrected chi connectivity index (χ1v) is 15.6. The summed E-state index contributed by atoms with van der Waals surface area (Å²) >= 11 is 0. The van der Waals surface area contributed by atoms with Crippen molar-refractivity contribution in [2.75, 3.05) is 0 Å². The third kappa shape index (κ3) is 8.39. The van der Waals surface area contributed by atoms with E-state index in [1.54, 1.807) is 6.07 Å². The van der Waals surface area contributed by atoms with Crippen molar-refractivity contribution in [2.45, 2.75) is 86.4 Å². The molecule has 0 bridgehead atoms. The van der Waals surface area contributed by atoms with Crippen molar-refractivity contribution in [2.24, 2.45) is 11.8 Å². The monoisotopic (exact) mass is 785 g/mol. The zero-order valence-electron chi connectivity index (χ0n) is 30.2. The number of aliphatic hydroxyl groups excluding tert-OH is 1. The Labute approximate surface area is 285 Å². The largest absolute Gasteiger partial charge is 0.512 e. The molecule has 1 radical (unpaired) electrons. The third-order valence-electron chi connectivity index (χ3n) is 8.11. The molecule has 0 aliphatic carbocycles. The van der Waals surface area contributed by atoms with Crippen LogP contribution in [0.2, 0.25) is 0 Å². The van der Waals surface area contributed by atoms with Gasteiger partial charge < -0.3 is 5.11 Å². The first-order valence-electron chi connectivity index (χ1n) is 17.1. The van der Waals surface area contributed by atoms with Gasteiger partial charge in [-0.25, -0.2) is 15.0 Å². The van der Waals surface area contributed by atoms with Crippen LogP contribution in [-0.4, -0.2) is 30.8 Å². The minimum absolute atomic E-state index is 0. The maximum Gasteiger partial charge on any atom is 0.175 e. The number of aromatic nitrogens is 4. The van der Waals surface area contributed by atoms with Gasteiger partial charge in [0, 0.05) is 42.1 Å². The fraction of sp³-hybridized carbons (Fsp3) is 0.395. The minimum Gasteiger partial charge on any atom is -0.512 e. The van der Waals surface area contributed by atoms with Crippen LogP contribution in [0.4, 0.5) is 0 Å². The SMILES string of the molecule is CCC(CC)C(=O)/C=C(\O)C(CC)CC.[2H]C([2H])([2H])c1nc(-c2[c-]c3ccccc3c(C(C)(C)C)c2)nc2nc3ccccc3nc12.[Ir]. The number of ketones is 1. The van der Waals surface area contributed by atoms with Crippen LogP contribution >= 0.6 is 0 Å². The molecule has 2 heterocycles. The van der Waals surface area contributed by atoms with Gasteiger partial charge in [-0.1, -0.05) is 89.7 Å². The zero-order chi connectivity index (χ0) is 34.5. The number of hydrogen-bond donors (Lipinski definition) is 1. The maximum atomic E-state index is 11.7. The normalized spacial score (nSPS) is 13.3. The molecular formula is C38H45IrN4O2-. The Balaban J connectivity index is 0.000000334. The van der Waals surface area contributed by atoms with Crippen molar-refractivity contribution < 1.29 is 34.1 Å². The minimum atomic E-state index is -2.46. The molecule has 7 heteroatoms. The van der Waals surface area contributed by atoms with Crippen LogP contribution in [-0.2, 0) is 30.3 Å². The van der Waals surface area contributed by atoms with Crippen molar-refractivity contribution in [3.05, 3.63) is 83.8 Å². The van der Waals surface area contributed by atoms with Crippen LogP contribution in [0.1, 0.15) is 89.5 Å². The van der Waals surface area contributed by atoms with Crippen molar-refractivity contribution >= 4 is 38.8 Å². The standard InChI is InChI=1S/C25H21N4.C13H24O2.Ir/c1-15-22-24(28-21-12-8-7-11-20(21)27-22)29-23(26-15)17-13-16-9-5-6-10-18(16)19(14-17)25(2,3)4;1-5-10(6-2)12(14)9-13(15)11(7-3)8-4;/h5-12,14H,1-4H3;9-11,14H,5-8H2,1-4H3;/q-1;;/b;12-9-;/i1D3;;. The molecule has 0 aliphatic heterocycles. The van der Waals surface area contributed by atoms with Crippen molar-refractivity contribution in [3.8, 4) is 11.4 Å². The average Bonchev–Trinajstić information content (AvgIpc) is 3.03. The van der Waals surface area contributed by atoms with Gasteiger partial charge in [0.25, 0.3) is 0 Å². The number of hydrogen-bond acceptors (Lipinski definition) is 6. The molecule has 0 spiro atoms. The van der Waals surface area contributed by atoms with E-state index in [0.717, 1.165) is 42.0 Å². The van der Waals surface area contributed by atoms with E-state index in [9.17, 15) is 9.90 Å². The summed E-state index contributed by atoms with van der Waals surface area (Å²) < 4.78 is 24.2. The Hall–Kier alpha value is -3.54. The van der Waals surface area contributed by atoms with Gasteiger partial charge in [-0.05, 0) is 50.1 Å². The number of para-hydroxylation sites is 2. The fourth-order valence-electron chi connectivity index (χ4n) is 5.38. The van der Waals surface area contributed by atoms with E-state index < -0.39 is 6.85 Å². The van der Waals surface area contributed by atoms with Gasteiger partial charge in [0.2, 0.25) is 0 Å². The van der Waals surface area contributed by atoms with Gasteiger partial charge in [-0.2, -0.15) is 0 Å². The summed E-state index contributed by atoms with van der Waals surface area (Å²) in [5.74, 6) is 0.829. The second kappa shape index (κ2) is 15.6. The average molecular weight is 785 g/mol. The van der Waals surface area contributed by atoms with Gasteiger partial charge >= 0.3 is 0 Å². The molecule has 5 rings (SSSR count). The zero-order valence-corrected chi connectivity index (χ0v) is 29.6. The summed E-state index contributed by atoms with van der Waals surface area (Å²) in [6, 6.07) is 20.7. The Morgan fingerprint density at radius 1 is 0.889 bits per heavy atom. The molecule has 0 fully saturated rings. The quantitative estimate of drug-likeness (QED) is 0.0730. The summed E-state index contributed by atoms with van der Waals surface area (Å²) in [7, 11) is 0. The molecule has 0 atom stereocenters. The number of aryl methyl sites for hydroxylation is 1. The van der Waals surface area contributed by atoms with E-state index in [-0.39, 0.29) is 71.6 Å². The number of fused-ring (bicyclic) bond motifs is 3. The molecule has 0 amide bonds. The summed E-state index contributed by atoms with van der Waals surface area (Å²) in [6.45, 7) is 12.0. The van der Waals surface area contributed by atoms with Crippen molar-refractivity contribution in [3.63, 3.8) is 0 Å². The summed E-state index contributed by atoms with van der Waals surface area (Å²) in [5.41, 5.74) is 3.23. The molecule has 2 aromatic heterocycles. The number of carbonyl (C=O) groups excluding carboxylic acids is 1. The van der Waals surface area contributed by atoms with E-state index in [1.807, 2.05) is 70.2 Å². The number of carbonyl (C=O) groups is 1. The number of allylic oxidation sites excluding steroid dienone is 2. The van der Waals surface area contributed by atoms with Crippen LogP contribution in [0.3, 0.4) is 0 Å². The molecule has 0 unspecified atom stereocenters. The van der Waals surface area contributed by atoms with E-state index in [4.69, 9.17) is 4.11 Å². The number of nitrogens with zero attached hydrogens (tertiary/aromatic N) is 4. The first-order chi connectivity index (χ1) is 22.2. The summed E-state index contributed by atoms with van der Waals surface area (Å²) in [6.07, 6.45) is 4.91. The molecule has 0 saturated heterocycles. The Bertz CT molecular complexity index is 1910. The number of rotatable bonds is 8. The molecule has 0 saturated carbocycles. The Morgan fingerprint density at radius 3 is 2.09 bits per heavy atom. The number of aliphatic hydroxyl groups is 1. The third-order valence-corrected chi connectivity index (χ3v) is 8.11. The molecule has 0 aliphatic rings. The first kappa shape index (κ1) is 31.4. The second-order valence-electron chi connectivity index (χ2n) is 12.2. The topological polar surface area (TPSA) is 88.9 Å². The van der Waals surface area contributed by atoms with Crippen molar-refractivity contribution in [1.82, 2.24) is 19.9 Å². The molecule has 239 valence electrons. The molecule has 45 heavy (non-hydrogen) atoms. The van der Waals surface area contributed by atoms with E-state index in [0.29, 0.717) is 16.6 Å². The molecular weight excluding hydrogens is 737 g/mol. The van der Waals surface area contributed by atoms with Crippen LogP contribution in [0.5, 0.6) is 0 Å². The van der Waals surface area contributed by atoms with E-state index in [1.165, 1.54) is 6.08 Å². The van der Waals surface area contributed by atoms with E-state index in [2.05, 4.69) is 52.8 Å². The van der Waals surface area contributed by atoms with Crippen LogP contribution < -0.4 is 0 Å². The van der Waals surface area contributed by atoms with Crippen molar-refractivity contribution in [1.29, 1.82) is 0 Å². The van der Waals surface area contributed by atoms with Crippen LogP contribution in [0.15, 0.2) is 66.4 Å². The fourth-order valence-corrected chi connectivity index (χ4v) is 5.38.